The van der Waals surface area contributed by atoms with Gasteiger partial charge in [0.05, 0.1) is 0 Å². The number of nitrogens with one attached hydrogen (secondary N) is 1. The van der Waals surface area contributed by atoms with Crippen molar-refractivity contribution >= 4 is 0 Å². The molecule has 2 rings (SSSR count). The molecular formula is C19H31N. The molecule has 1 aliphatic rings. The number of aryl methyl sites for hydroxylation is 2. The Labute approximate surface area is 125 Å². The standard InChI is InChI=1S/C19H31N/c1-5-20-13-17-9-7-15(3)11-19(17)12-18-10-14(2)6-8-16(18)4/h6,8,10,15,17,19-20H,5,7,9,11-13H2,1-4H3. The molecule has 0 aromatic heterocycles. The fourth-order valence-corrected chi connectivity index (χ4v) is 3.71. The van der Waals surface area contributed by atoms with Crippen LogP contribution in [0.3, 0.4) is 0 Å². The Morgan fingerprint density at radius 1 is 1.15 bits per heavy atom. The van der Waals surface area contributed by atoms with E-state index in [-0.39, 0.29) is 0 Å². The Bertz CT molecular complexity index is 422. The van der Waals surface area contributed by atoms with E-state index in [2.05, 4.69) is 51.2 Å². The summed E-state index contributed by atoms with van der Waals surface area (Å²) in [6.45, 7) is 11.4. The second-order valence-corrected chi connectivity index (χ2v) is 6.88. The average Bonchev–Trinajstić information content (AvgIpc) is 2.42. The second kappa shape index (κ2) is 7.26. The summed E-state index contributed by atoms with van der Waals surface area (Å²) in [5, 5.41) is 3.57. The topological polar surface area (TPSA) is 12.0 Å². The summed E-state index contributed by atoms with van der Waals surface area (Å²) in [6.07, 6.45) is 5.50. The van der Waals surface area contributed by atoms with E-state index in [0.29, 0.717) is 0 Å². The molecule has 0 aliphatic heterocycles. The van der Waals surface area contributed by atoms with Gasteiger partial charge in [0.1, 0.15) is 0 Å². The average molecular weight is 273 g/mol. The molecule has 1 N–H and O–H groups in total. The minimum absolute atomic E-state index is 0.860. The van der Waals surface area contributed by atoms with Gasteiger partial charge in [-0.15, -0.1) is 0 Å². The predicted molar refractivity (Wildman–Crippen MR) is 88.2 cm³/mol. The van der Waals surface area contributed by atoms with Crippen LogP contribution in [0.5, 0.6) is 0 Å². The normalized spacial score (nSPS) is 26.7. The largest absolute Gasteiger partial charge is 0.317 e. The van der Waals surface area contributed by atoms with Gasteiger partial charge in [0.25, 0.3) is 0 Å². The monoisotopic (exact) mass is 273 g/mol. The lowest BCUT2D eigenvalue weighted by atomic mass is 9.72. The Balaban J connectivity index is 2.08. The fourth-order valence-electron chi connectivity index (χ4n) is 3.71. The van der Waals surface area contributed by atoms with Gasteiger partial charge < -0.3 is 5.32 Å². The van der Waals surface area contributed by atoms with Crippen molar-refractivity contribution in [2.75, 3.05) is 13.1 Å². The molecule has 3 atom stereocenters. The number of hydrogen-bond donors (Lipinski definition) is 1. The maximum Gasteiger partial charge on any atom is -0.00179 e. The van der Waals surface area contributed by atoms with Gasteiger partial charge in [-0.05, 0) is 75.1 Å². The maximum absolute atomic E-state index is 3.57. The van der Waals surface area contributed by atoms with Crippen LogP contribution in [0.15, 0.2) is 18.2 Å². The van der Waals surface area contributed by atoms with E-state index in [4.69, 9.17) is 0 Å². The smallest absolute Gasteiger partial charge is 0.00179 e. The van der Waals surface area contributed by atoms with Crippen LogP contribution in [-0.4, -0.2) is 13.1 Å². The Hall–Kier alpha value is -0.820. The quantitative estimate of drug-likeness (QED) is 0.832. The Morgan fingerprint density at radius 2 is 1.95 bits per heavy atom. The lowest BCUT2D eigenvalue weighted by Crippen LogP contribution is -2.33. The molecule has 3 unspecified atom stereocenters. The predicted octanol–water partition coefficient (Wildman–Crippen LogP) is 4.51. The third-order valence-corrected chi connectivity index (χ3v) is 5.05. The number of rotatable bonds is 5. The molecular weight excluding hydrogens is 242 g/mol. The fraction of sp³-hybridized carbons (Fsp3) is 0.684. The first kappa shape index (κ1) is 15.6. The third kappa shape index (κ3) is 4.09. The van der Waals surface area contributed by atoms with E-state index in [1.54, 1.807) is 5.56 Å². The van der Waals surface area contributed by atoms with Crippen LogP contribution in [0.1, 0.15) is 49.8 Å². The first-order valence-corrected chi connectivity index (χ1v) is 8.37. The minimum Gasteiger partial charge on any atom is -0.317 e. The number of benzene rings is 1. The van der Waals surface area contributed by atoms with E-state index in [9.17, 15) is 0 Å². The van der Waals surface area contributed by atoms with Crippen LogP contribution < -0.4 is 5.32 Å². The lowest BCUT2D eigenvalue weighted by Gasteiger charge is -2.35. The molecule has 1 aromatic rings. The van der Waals surface area contributed by atoms with Crippen LogP contribution >= 0.6 is 0 Å². The molecule has 0 radical (unpaired) electrons. The lowest BCUT2D eigenvalue weighted by molar-refractivity contribution is 0.184. The van der Waals surface area contributed by atoms with Gasteiger partial charge in [-0.3, -0.25) is 0 Å². The highest BCUT2D eigenvalue weighted by Crippen LogP contribution is 2.36. The van der Waals surface area contributed by atoms with Crippen LogP contribution in [-0.2, 0) is 6.42 Å². The molecule has 0 saturated heterocycles. The molecule has 1 nitrogen and oxygen atoms in total. The van der Waals surface area contributed by atoms with E-state index in [1.807, 2.05) is 0 Å². The molecule has 0 bridgehead atoms. The van der Waals surface area contributed by atoms with Crippen molar-refractivity contribution in [3.63, 3.8) is 0 Å². The summed E-state index contributed by atoms with van der Waals surface area (Å²) in [4.78, 5) is 0. The van der Waals surface area contributed by atoms with Gasteiger partial charge in [0, 0.05) is 0 Å². The molecule has 0 spiro atoms. The Morgan fingerprint density at radius 3 is 2.70 bits per heavy atom. The van der Waals surface area contributed by atoms with Crippen LogP contribution in [0.4, 0.5) is 0 Å². The maximum atomic E-state index is 3.57. The van der Waals surface area contributed by atoms with Crippen molar-refractivity contribution in [2.24, 2.45) is 17.8 Å². The molecule has 1 aromatic carbocycles. The molecule has 20 heavy (non-hydrogen) atoms. The molecule has 0 heterocycles. The van der Waals surface area contributed by atoms with Gasteiger partial charge in [-0.2, -0.15) is 0 Å². The zero-order chi connectivity index (χ0) is 14.5. The molecule has 1 saturated carbocycles. The van der Waals surface area contributed by atoms with Gasteiger partial charge in [0.15, 0.2) is 0 Å². The highest BCUT2D eigenvalue weighted by molar-refractivity contribution is 5.30. The molecule has 112 valence electrons. The van der Waals surface area contributed by atoms with E-state index in [1.165, 1.54) is 43.4 Å². The summed E-state index contributed by atoms with van der Waals surface area (Å²) in [5.74, 6) is 2.63. The van der Waals surface area contributed by atoms with E-state index < -0.39 is 0 Å². The zero-order valence-electron chi connectivity index (χ0n) is 13.7. The van der Waals surface area contributed by atoms with Gasteiger partial charge in [0.2, 0.25) is 0 Å². The first-order chi connectivity index (χ1) is 9.60. The summed E-state index contributed by atoms with van der Waals surface area (Å²) >= 11 is 0. The van der Waals surface area contributed by atoms with Crippen LogP contribution in [0.2, 0.25) is 0 Å². The van der Waals surface area contributed by atoms with Crippen LogP contribution in [0.25, 0.3) is 0 Å². The van der Waals surface area contributed by atoms with Gasteiger partial charge in [-0.1, -0.05) is 44.0 Å². The molecule has 1 fully saturated rings. The van der Waals surface area contributed by atoms with Crippen molar-refractivity contribution < 1.29 is 0 Å². The summed E-state index contributed by atoms with van der Waals surface area (Å²) in [6, 6.07) is 6.92. The van der Waals surface area contributed by atoms with Gasteiger partial charge in [-0.25, -0.2) is 0 Å². The Kier molecular flexibility index (Phi) is 5.65. The molecule has 0 amide bonds. The van der Waals surface area contributed by atoms with Gasteiger partial charge >= 0.3 is 0 Å². The minimum atomic E-state index is 0.860. The van der Waals surface area contributed by atoms with Crippen molar-refractivity contribution in [1.82, 2.24) is 5.32 Å². The third-order valence-electron chi connectivity index (χ3n) is 5.05. The summed E-state index contributed by atoms with van der Waals surface area (Å²) < 4.78 is 0. The summed E-state index contributed by atoms with van der Waals surface area (Å²) in [5.41, 5.74) is 4.44. The first-order valence-electron chi connectivity index (χ1n) is 8.37. The van der Waals surface area contributed by atoms with Crippen molar-refractivity contribution in [3.05, 3.63) is 34.9 Å². The highest BCUT2D eigenvalue weighted by atomic mass is 14.8. The van der Waals surface area contributed by atoms with E-state index >= 15 is 0 Å². The molecule has 1 aliphatic carbocycles. The zero-order valence-corrected chi connectivity index (χ0v) is 13.7. The van der Waals surface area contributed by atoms with Crippen molar-refractivity contribution in [1.29, 1.82) is 0 Å². The van der Waals surface area contributed by atoms with Crippen molar-refractivity contribution in [3.8, 4) is 0 Å². The second-order valence-electron chi connectivity index (χ2n) is 6.88. The highest BCUT2D eigenvalue weighted by Gasteiger charge is 2.28. The summed E-state index contributed by atoms with van der Waals surface area (Å²) in [7, 11) is 0. The molecule has 1 heteroatoms. The van der Waals surface area contributed by atoms with Crippen LogP contribution in [0, 0.1) is 31.6 Å². The van der Waals surface area contributed by atoms with Crippen molar-refractivity contribution in [2.45, 2.75) is 53.4 Å². The number of hydrogen-bond acceptors (Lipinski definition) is 1. The van der Waals surface area contributed by atoms with E-state index in [0.717, 1.165) is 24.3 Å². The SMILES string of the molecule is CCNCC1CCC(C)CC1Cc1cc(C)ccc1C.